The fourth-order valence-corrected chi connectivity index (χ4v) is 2.38. The number of carbonyl (C=O) groups is 2. The molecule has 1 amide bonds. The minimum absolute atomic E-state index is 0.103. The van der Waals surface area contributed by atoms with Crippen molar-refractivity contribution in [3.8, 4) is 0 Å². The Morgan fingerprint density at radius 1 is 1.39 bits per heavy atom. The molecule has 0 unspecified atom stereocenters. The van der Waals surface area contributed by atoms with Crippen molar-refractivity contribution in [2.45, 2.75) is 34.1 Å². The summed E-state index contributed by atoms with van der Waals surface area (Å²) in [6.07, 6.45) is 0.361. The molecule has 0 atom stereocenters. The van der Waals surface area contributed by atoms with E-state index in [0.29, 0.717) is 17.1 Å². The molecule has 0 saturated heterocycles. The van der Waals surface area contributed by atoms with Gasteiger partial charge in [-0.2, -0.15) is 4.37 Å². The molecule has 0 radical (unpaired) electrons. The van der Waals surface area contributed by atoms with Crippen molar-refractivity contribution < 1.29 is 14.7 Å². The van der Waals surface area contributed by atoms with Gasteiger partial charge in [0.05, 0.1) is 5.69 Å². The first kappa shape index (κ1) is 14.6. The minimum Gasteiger partial charge on any atom is -0.478 e. The van der Waals surface area contributed by atoms with Crippen molar-refractivity contribution in [2.24, 2.45) is 5.41 Å². The topological polar surface area (TPSA) is 70.5 Å². The molecule has 18 heavy (non-hydrogen) atoms. The molecule has 1 aromatic heterocycles. The van der Waals surface area contributed by atoms with E-state index in [1.54, 1.807) is 14.0 Å². The van der Waals surface area contributed by atoms with E-state index in [9.17, 15) is 9.59 Å². The maximum absolute atomic E-state index is 12.1. The average molecular weight is 270 g/mol. The van der Waals surface area contributed by atoms with E-state index in [4.69, 9.17) is 5.11 Å². The van der Waals surface area contributed by atoms with Gasteiger partial charge in [0, 0.05) is 13.5 Å². The smallest absolute Gasteiger partial charge is 0.340 e. The number of aromatic carboxylic acids is 1. The molecule has 0 aliphatic heterocycles. The van der Waals surface area contributed by atoms with E-state index >= 15 is 0 Å². The van der Waals surface area contributed by atoms with Crippen LogP contribution in [0.3, 0.4) is 0 Å². The second-order valence-corrected chi connectivity index (χ2v) is 6.20. The molecule has 0 bridgehead atoms. The van der Waals surface area contributed by atoms with E-state index in [0.717, 1.165) is 11.5 Å². The number of nitrogens with zero attached hydrogens (tertiary/aromatic N) is 2. The van der Waals surface area contributed by atoms with Crippen LogP contribution in [0.5, 0.6) is 0 Å². The normalized spacial score (nSPS) is 11.4. The first-order chi connectivity index (χ1) is 8.13. The van der Waals surface area contributed by atoms with Gasteiger partial charge in [-0.05, 0) is 23.9 Å². The van der Waals surface area contributed by atoms with Crippen LogP contribution in [0.25, 0.3) is 0 Å². The molecule has 1 rings (SSSR count). The summed E-state index contributed by atoms with van der Waals surface area (Å²) in [7, 11) is 1.59. The lowest BCUT2D eigenvalue weighted by atomic mass is 9.92. The predicted molar refractivity (Wildman–Crippen MR) is 71.3 cm³/mol. The largest absolute Gasteiger partial charge is 0.478 e. The fraction of sp³-hybridized carbons (Fsp3) is 0.583. The highest BCUT2D eigenvalue weighted by Gasteiger charge is 2.26. The number of hydrogen-bond donors (Lipinski definition) is 1. The number of carboxylic acids is 1. The molecule has 0 spiro atoms. The molecule has 0 saturated carbocycles. The third-order valence-corrected chi connectivity index (χ3v) is 3.43. The number of carboxylic acid groups (broad SMARTS) is 1. The lowest BCUT2D eigenvalue weighted by Gasteiger charge is -2.22. The summed E-state index contributed by atoms with van der Waals surface area (Å²) in [6.45, 7) is 7.53. The third kappa shape index (κ3) is 3.29. The van der Waals surface area contributed by atoms with Gasteiger partial charge in [-0.3, -0.25) is 4.79 Å². The summed E-state index contributed by atoms with van der Waals surface area (Å²) in [6, 6.07) is 0. The number of aryl methyl sites for hydroxylation is 1. The van der Waals surface area contributed by atoms with E-state index in [-0.39, 0.29) is 16.9 Å². The van der Waals surface area contributed by atoms with Crippen LogP contribution in [0.1, 0.15) is 43.2 Å². The van der Waals surface area contributed by atoms with Gasteiger partial charge >= 0.3 is 5.97 Å². The monoisotopic (exact) mass is 270 g/mol. The molecular weight excluding hydrogens is 252 g/mol. The van der Waals surface area contributed by atoms with Gasteiger partial charge in [0.25, 0.3) is 0 Å². The zero-order valence-corrected chi connectivity index (χ0v) is 12.1. The summed E-state index contributed by atoms with van der Waals surface area (Å²) in [5, 5.41) is 9.52. The molecule has 100 valence electrons. The van der Waals surface area contributed by atoms with Crippen molar-refractivity contribution in [1.29, 1.82) is 0 Å². The number of hydrogen-bond acceptors (Lipinski definition) is 4. The maximum atomic E-state index is 12.1. The van der Waals surface area contributed by atoms with Gasteiger partial charge in [-0.25, -0.2) is 4.79 Å². The Labute approximate surface area is 111 Å². The van der Waals surface area contributed by atoms with Gasteiger partial charge in [0.15, 0.2) is 0 Å². The molecule has 1 N–H and O–H groups in total. The quantitative estimate of drug-likeness (QED) is 0.916. The zero-order valence-electron chi connectivity index (χ0n) is 11.3. The lowest BCUT2D eigenvalue weighted by Crippen LogP contribution is -2.30. The van der Waals surface area contributed by atoms with Crippen LogP contribution in [0.2, 0.25) is 0 Å². The van der Waals surface area contributed by atoms with Crippen molar-refractivity contribution in [1.82, 2.24) is 4.37 Å². The van der Waals surface area contributed by atoms with E-state index < -0.39 is 5.97 Å². The molecule has 0 aliphatic carbocycles. The molecule has 0 fully saturated rings. The summed E-state index contributed by atoms with van der Waals surface area (Å²) >= 11 is 1.04. The van der Waals surface area contributed by atoms with E-state index in [1.165, 1.54) is 4.90 Å². The third-order valence-electron chi connectivity index (χ3n) is 2.42. The van der Waals surface area contributed by atoms with Crippen molar-refractivity contribution in [3.05, 3.63) is 11.3 Å². The number of anilines is 1. The molecule has 1 aromatic rings. The fourth-order valence-electron chi connectivity index (χ4n) is 1.52. The summed E-state index contributed by atoms with van der Waals surface area (Å²) in [5.74, 6) is -1.15. The first-order valence-corrected chi connectivity index (χ1v) is 6.37. The van der Waals surface area contributed by atoms with Gasteiger partial charge in [-0.1, -0.05) is 20.8 Å². The Bertz CT molecular complexity index is 474. The minimum atomic E-state index is -1.05. The maximum Gasteiger partial charge on any atom is 0.340 e. The standard InChI is InChI=1S/C12H18N2O3S/c1-7-9(11(16)17)10(18-13-7)14(5)8(15)6-12(2,3)4/h6H2,1-5H3,(H,16,17). The lowest BCUT2D eigenvalue weighted by molar-refractivity contribution is -0.119. The SMILES string of the molecule is Cc1nsc(N(C)C(=O)CC(C)(C)C)c1C(=O)O. The predicted octanol–water partition coefficient (Wildman–Crippen LogP) is 2.55. The second-order valence-electron chi connectivity index (χ2n) is 5.44. The average Bonchev–Trinajstić information content (AvgIpc) is 2.56. The Balaban J connectivity index is 3.01. The summed E-state index contributed by atoms with van der Waals surface area (Å²) in [5.41, 5.74) is 0.428. The Morgan fingerprint density at radius 3 is 2.39 bits per heavy atom. The van der Waals surface area contributed by atoms with Gasteiger partial charge < -0.3 is 10.0 Å². The first-order valence-electron chi connectivity index (χ1n) is 5.59. The molecule has 5 nitrogen and oxygen atoms in total. The van der Waals surface area contributed by atoms with Crippen LogP contribution in [-0.2, 0) is 4.79 Å². The number of carbonyl (C=O) groups excluding carboxylic acids is 1. The number of aromatic nitrogens is 1. The van der Waals surface area contributed by atoms with Crippen LogP contribution in [-0.4, -0.2) is 28.4 Å². The van der Waals surface area contributed by atoms with Gasteiger partial charge in [0.2, 0.25) is 5.91 Å². The summed E-state index contributed by atoms with van der Waals surface area (Å²) < 4.78 is 4.00. The number of amides is 1. The van der Waals surface area contributed by atoms with Crippen molar-refractivity contribution in [2.75, 3.05) is 11.9 Å². The molecule has 0 aliphatic rings. The van der Waals surface area contributed by atoms with Crippen molar-refractivity contribution >= 4 is 28.4 Å². The Hall–Kier alpha value is -1.43. The van der Waals surface area contributed by atoms with Crippen LogP contribution >= 0.6 is 11.5 Å². The Kier molecular flexibility index (Phi) is 4.11. The van der Waals surface area contributed by atoms with Crippen molar-refractivity contribution in [3.63, 3.8) is 0 Å². The Morgan fingerprint density at radius 2 is 1.94 bits per heavy atom. The van der Waals surface area contributed by atoms with Crippen LogP contribution in [0, 0.1) is 12.3 Å². The second kappa shape index (κ2) is 5.06. The van der Waals surface area contributed by atoms with Gasteiger partial charge in [0.1, 0.15) is 10.6 Å². The molecule has 0 aromatic carbocycles. The van der Waals surface area contributed by atoms with E-state index in [1.807, 2.05) is 20.8 Å². The van der Waals surface area contributed by atoms with Crippen LogP contribution in [0.4, 0.5) is 5.00 Å². The highest BCUT2D eigenvalue weighted by Crippen LogP contribution is 2.30. The molecule has 6 heteroatoms. The van der Waals surface area contributed by atoms with Crippen LogP contribution < -0.4 is 4.90 Å². The molecular formula is C12H18N2O3S. The highest BCUT2D eigenvalue weighted by molar-refractivity contribution is 7.11. The van der Waals surface area contributed by atoms with Crippen LogP contribution in [0.15, 0.2) is 0 Å². The number of rotatable bonds is 3. The van der Waals surface area contributed by atoms with Gasteiger partial charge in [-0.15, -0.1) is 0 Å². The summed E-state index contributed by atoms with van der Waals surface area (Å²) in [4.78, 5) is 24.6. The molecule has 1 heterocycles. The highest BCUT2D eigenvalue weighted by atomic mass is 32.1. The zero-order chi connectivity index (χ0) is 14.1. The van der Waals surface area contributed by atoms with E-state index in [2.05, 4.69) is 4.37 Å².